The molecule has 0 fully saturated rings. The molecular formula is C26H26N2O6S. The van der Waals surface area contributed by atoms with Crippen LogP contribution in [0.25, 0.3) is 6.08 Å². The molecule has 35 heavy (non-hydrogen) atoms. The SMILES string of the molecule is COCCOC(=O)C1=C(C)N=c2sc(=Cc3cccc(OC)c3)c(=O)n2C1c1ccc(OC)cc1. The van der Waals surface area contributed by atoms with Gasteiger partial charge >= 0.3 is 5.97 Å². The Hall–Kier alpha value is -3.69. The molecule has 2 heterocycles. The largest absolute Gasteiger partial charge is 0.497 e. The number of fused-ring (bicyclic) bond motifs is 1. The van der Waals surface area contributed by atoms with Crippen molar-refractivity contribution in [1.29, 1.82) is 0 Å². The van der Waals surface area contributed by atoms with Crippen LogP contribution in [-0.2, 0) is 14.3 Å². The highest BCUT2D eigenvalue weighted by atomic mass is 32.1. The van der Waals surface area contributed by atoms with Crippen LogP contribution in [0.3, 0.4) is 0 Å². The molecule has 9 heteroatoms. The van der Waals surface area contributed by atoms with Gasteiger partial charge in [0.05, 0.1) is 42.7 Å². The van der Waals surface area contributed by atoms with E-state index < -0.39 is 12.0 Å². The Morgan fingerprint density at radius 3 is 2.49 bits per heavy atom. The second kappa shape index (κ2) is 10.7. The third-order valence-corrected chi connectivity index (χ3v) is 6.57. The number of thiazole rings is 1. The summed E-state index contributed by atoms with van der Waals surface area (Å²) < 4.78 is 23.1. The van der Waals surface area contributed by atoms with Crippen LogP contribution in [0.2, 0.25) is 0 Å². The third-order valence-electron chi connectivity index (χ3n) is 5.59. The summed E-state index contributed by atoms with van der Waals surface area (Å²) in [5.41, 5.74) is 2.14. The molecule has 0 bridgehead atoms. The molecule has 1 atom stereocenters. The molecule has 2 aromatic carbocycles. The van der Waals surface area contributed by atoms with E-state index in [9.17, 15) is 9.59 Å². The van der Waals surface area contributed by atoms with Gasteiger partial charge in [0.2, 0.25) is 0 Å². The number of carbonyl (C=O) groups excluding carboxylic acids is 1. The van der Waals surface area contributed by atoms with E-state index >= 15 is 0 Å². The zero-order valence-electron chi connectivity index (χ0n) is 19.9. The summed E-state index contributed by atoms with van der Waals surface area (Å²) in [7, 11) is 4.71. The Morgan fingerprint density at radius 2 is 1.80 bits per heavy atom. The fourth-order valence-electron chi connectivity index (χ4n) is 3.86. The second-order valence-corrected chi connectivity index (χ2v) is 8.77. The van der Waals surface area contributed by atoms with Crippen LogP contribution in [0.4, 0.5) is 0 Å². The van der Waals surface area contributed by atoms with Gasteiger partial charge in [-0.15, -0.1) is 0 Å². The summed E-state index contributed by atoms with van der Waals surface area (Å²) >= 11 is 1.27. The van der Waals surface area contributed by atoms with Crippen molar-refractivity contribution in [3.8, 4) is 11.5 Å². The van der Waals surface area contributed by atoms with E-state index in [1.165, 1.54) is 18.4 Å². The molecule has 0 radical (unpaired) electrons. The first-order valence-electron chi connectivity index (χ1n) is 10.9. The van der Waals surface area contributed by atoms with E-state index in [2.05, 4.69) is 4.99 Å². The Labute approximate surface area is 206 Å². The first-order valence-corrected chi connectivity index (χ1v) is 11.7. The van der Waals surface area contributed by atoms with Gasteiger partial charge in [0.1, 0.15) is 18.1 Å². The number of hydrogen-bond acceptors (Lipinski definition) is 8. The number of hydrogen-bond donors (Lipinski definition) is 0. The van der Waals surface area contributed by atoms with Gasteiger partial charge in [0, 0.05) is 7.11 Å². The minimum absolute atomic E-state index is 0.0989. The normalized spacial score (nSPS) is 15.4. The number of esters is 1. The number of allylic oxidation sites excluding steroid dienone is 1. The summed E-state index contributed by atoms with van der Waals surface area (Å²) in [6.07, 6.45) is 1.80. The van der Waals surface area contributed by atoms with Crippen molar-refractivity contribution in [3.05, 3.63) is 90.6 Å². The molecule has 0 N–H and O–H groups in total. The topological polar surface area (TPSA) is 88.4 Å². The monoisotopic (exact) mass is 494 g/mol. The maximum Gasteiger partial charge on any atom is 0.338 e. The van der Waals surface area contributed by atoms with E-state index in [-0.39, 0.29) is 18.8 Å². The van der Waals surface area contributed by atoms with Gasteiger partial charge in [-0.05, 0) is 48.4 Å². The summed E-state index contributed by atoms with van der Waals surface area (Å²) in [4.78, 5) is 31.9. The zero-order chi connectivity index (χ0) is 24.9. The van der Waals surface area contributed by atoms with Gasteiger partial charge in [0.15, 0.2) is 4.80 Å². The molecule has 1 unspecified atom stereocenters. The number of nitrogens with zero attached hydrogens (tertiary/aromatic N) is 2. The average Bonchev–Trinajstić information content (AvgIpc) is 3.17. The summed E-state index contributed by atoms with van der Waals surface area (Å²) in [6, 6.07) is 14.0. The van der Waals surface area contributed by atoms with Crippen molar-refractivity contribution in [2.24, 2.45) is 4.99 Å². The Balaban J connectivity index is 1.87. The highest BCUT2D eigenvalue weighted by Gasteiger charge is 2.33. The smallest absolute Gasteiger partial charge is 0.338 e. The summed E-state index contributed by atoms with van der Waals surface area (Å²) in [6.45, 7) is 2.12. The molecule has 182 valence electrons. The van der Waals surface area contributed by atoms with Gasteiger partial charge in [-0.1, -0.05) is 35.6 Å². The lowest BCUT2D eigenvalue weighted by atomic mass is 9.96. The predicted octanol–water partition coefficient (Wildman–Crippen LogP) is 2.44. The maximum absolute atomic E-state index is 13.6. The van der Waals surface area contributed by atoms with E-state index in [1.54, 1.807) is 43.9 Å². The molecule has 1 aliphatic heterocycles. The number of carbonyl (C=O) groups is 1. The number of benzene rings is 2. The molecule has 0 amide bonds. The van der Waals surface area contributed by atoms with Crippen molar-refractivity contribution >= 4 is 23.4 Å². The fraction of sp³-hybridized carbons (Fsp3) is 0.269. The highest BCUT2D eigenvalue weighted by molar-refractivity contribution is 7.07. The van der Waals surface area contributed by atoms with Crippen molar-refractivity contribution in [2.45, 2.75) is 13.0 Å². The summed E-state index contributed by atoms with van der Waals surface area (Å²) in [5.74, 6) is 0.829. The van der Waals surface area contributed by atoms with E-state index in [4.69, 9.17) is 18.9 Å². The summed E-state index contributed by atoms with van der Waals surface area (Å²) in [5, 5.41) is 0. The molecule has 0 aliphatic carbocycles. The quantitative estimate of drug-likeness (QED) is 0.353. The van der Waals surface area contributed by atoms with Crippen LogP contribution in [0.15, 0.2) is 69.6 Å². The van der Waals surface area contributed by atoms with Crippen LogP contribution in [-0.4, -0.2) is 45.1 Å². The Kier molecular flexibility index (Phi) is 7.48. The minimum atomic E-state index is -0.695. The minimum Gasteiger partial charge on any atom is -0.497 e. The second-order valence-electron chi connectivity index (χ2n) is 7.76. The first-order chi connectivity index (χ1) is 17.0. The van der Waals surface area contributed by atoms with Crippen molar-refractivity contribution in [1.82, 2.24) is 4.57 Å². The van der Waals surface area contributed by atoms with Crippen molar-refractivity contribution in [2.75, 3.05) is 34.5 Å². The van der Waals surface area contributed by atoms with Gasteiger partial charge in [-0.3, -0.25) is 9.36 Å². The van der Waals surface area contributed by atoms with E-state index in [0.29, 0.717) is 32.1 Å². The van der Waals surface area contributed by atoms with Gasteiger partial charge < -0.3 is 18.9 Å². The fourth-order valence-corrected chi connectivity index (χ4v) is 4.91. The lowest BCUT2D eigenvalue weighted by Gasteiger charge is -2.25. The van der Waals surface area contributed by atoms with Crippen LogP contribution >= 0.6 is 11.3 Å². The number of ether oxygens (including phenoxy) is 4. The Bertz CT molecular complexity index is 1440. The molecule has 1 aromatic heterocycles. The standard InChI is InChI=1S/C26H26N2O6S/c1-16-22(25(30)34-13-12-31-2)23(18-8-10-19(32-3)11-9-18)28-24(29)21(35-26(28)27-16)15-17-6-5-7-20(14-17)33-4/h5-11,14-15,23H,12-13H2,1-4H3. The molecule has 0 saturated carbocycles. The third kappa shape index (κ3) is 5.06. The van der Waals surface area contributed by atoms with Gasteiger partial charge in [-0.25, -0.2) is 9.79 Å². The molecule has 3 aromatic rings. The highest BCUT2D eigenvalue weighted by Crippen LogP contribution is 2.31. The van der Waals surface area contributed by atoms with Gasteiger partial charge in [-0.2, -0.15) is 0 Å². The molecule has 0 saturated heterocycles. The molecule has 4 rings (SSSR count). The number of rotatable bonds is 8. The van der Waals surface area contributed by atoms with E-state index in [1.807, 2.05) is 36.4 Å². The van der Waals surface area contributed by atoms with Crippen LogP contribution in [0, 0.1) is 0 Å². The lowest BCUT2D eigenvalue weighted by molar-refractivity contribution is -0.140. The van der Waals surface area contributed by atoms with Crippen molar-refractivity contribution < 1.29 is 23.7 Å². The zero-order valence-corrected chi connectivity index (χ0v) is 20.8. The Morgan fingerprint density at radius 1 is 1.06 bits per heavy atom. The first kappa shape index (κ1) is 24.4. The lowest BCUT2D eigenvalue weighted by Crippen LogP contribution is -2.40. The predicted molar refractivity (Wildman–Crippen MR) is 133 cm³/mol. The number of aromatic nitrogens is 1. The van der Waals surface area contributed by atoms with E-state index in [0.717, 1.165) is 11.1 Å². The molecule has 8 nitrogen and oxygen atoms in total. The van der Waals surface area contributed by atoms with Crippen LogP contribution in [0.5, 0.6) is 11.5 Å². The molecule has 0 spiro atoms. The maximum atomic E-state index is 13.6. The average molecular weight is 495 g/mol. The van der Waals surface area contributed by atoms with Crippen LogP contribution < -0.4 is 24.4 Å². The number of methoxy groups -OCH3 is 3. The van der Waals surface area contributed by atoms with Crippen LogP contribution in [0.1, 0.15) is 24.1 Å². The van der Waals surface area contributed by atoms with Gasteiger partial charge in [0.25, 0.3) is 5.56 Å². The molecular weight excluding hydrogens is 468 g/mol. The molecule has 1 aliphatic rings. The van der Waals surface area contributed by atoms with Crippen molar-refractivity contribution in [3.63, 3.8) is 0 Å².